The highest BCUT2D eigenvalue weighted by Gasteiger charge is 2.43. The van der Waals surface area contributed by atoms with Crippen molar-refractivity contribution >= 4 is 91.7 Å². The second-order valence-corrected chi connectivity index (χ2v) is 16.9. The Kier molecular flexibility index (Phi) is 13.4. The van der Waals surface area contributed by atoms with Crippen molar-refractivity contribution in [1.29, 1.82) is 0 Å². The van der Waals surface area contributed by atoms with Gasteiger partial charge in [0.2, 0.25) is 0 Å². The first-order valence-corrected chi connectivity index (χ1v) is 21.0. The molecule has 6 aromatic rings. The van der Waals surface area contributed by atoms with Crippen LogP contribution in [0.3, 0.4) is 0 Å². The molecule has 0 heterocycles. The monoisotopic (exact) mass is 1040 g/mol. The number of aliphatic hydroxyl groups is 1. The highest BCUT2D eigenvalue weighted by Crippen LogP contribution is 2.52. The topological polar surface area (TPSA) is 72.8 Å². The summed E-state index contributed by atoms with van der Waals surface area (Å²) in [6, 6.07) is 38.6. The molecule has 0 amide bonds. The van der Waals surface area contributed by atoms with Gasteiger partial charge in [-0.25, -0.2) is 0 Å². The van der Waals surface area contributed by atoms with E-state index in [4.69, 9.17) is 9.47 Å². The number of hydrogen-bond acceptors (Lipinski definition) is 5. The number of aldehydes is 1. The molecule has 274 valence electrons. The van der Waals surface area contributed by atoms with E-state index in [0.717, 1.165) is 84.3 Å². The van der Waals surface area contributed by atoms with E-state index in [1.54, 1.807) is 12.1 Å². The van der Waals surface area contributed by atoms with Crippen molar-refractivity contribution in [2.24, 2.45) is 0 Å². The number of fused-ring (bicyclic) bond motifs is 6. The predicted octanol–water partition coefficient (Wildman–Crippen LogP) is 13.2. The molecular weight excluding hydrogens is 1010 g/mol. The number of ketones is 1. The Morgan fingerprint density at radius 3 is 1.39 bits per heavy atom. The molecule has 0 saturated carbocycles. The Hall–Kier alpha value is -3.06. The SMILES string of the molecule is CCOC(OCC)c1ccc(Br)cc1.O=C1c2cc(Br)ccc2-c2ccc(Br)cc21.O=Cc1ccc(C2(O)c3cc(Br)ccc3-c3ccc(Br)cc32)cc1. The van der Waals surface area contributed by atoms with Crippen molar-refractivity contribution < 1.29 is 24.2 Å². The van der Waals surface area contributed by atoms with Crippen LogP contribution in [0.2, 0.25) is 0 Å². The van der Waals surface area contributed by atoms with E-state index >= 15 is 0 Å². The standard InChI is InChI=1S/C20H12Br2O2.C13H6Br2O.C11H15BrO2/c21-14-5-7-16-17-8-6-15(22)10-19(17)20(24,18(16)9-14)13-3-1-12(11-23)2-4-13;14-7-1-3-9-10-4-2-8(15)6-12(10)13(16)11(9)5-7;1-3-13-11(14-4-2)9-5-7-10(12)8-6-9/h1-11,24H;1-6H;5-8,11H,3-4H2,1-2H3. The van der Waals surface area contributed by atoms with Gasteiger partial charge in [-0.15, -0.1) is 0 Å². The van der Waals surface area contributed by atoms with Crippen LogP contribution in [0.25, 0.3) is 22.3 Å². The first kappa shape index (κ1) is 40.6. The molecule has 0 spiro atoms. The van der Waals surface area contributed by atoms with Crippen molar-refractivity contribution in [3.05, 3.63) is 183 Å². The largest absolute Gasteiger partial charge is 0.376 e. The van der Waals surface area contributed by atoms with E-state index in [1.807, 2.05) is 123 Å². The lowest BCUT2D eigenvalue weighted by Crippen LogP contribution is -2.26. The van der Waals surface area contributed by atoms with Crippen molar-refractivity contribution in [1.82, 2.24) is 0 Å². The zero-order valence-electron chi connectivity index (χ0n) is 29.1. The third-order valence-corrected chi connectivity index (χ3v) is 11.5. The molecule has 8 rings (SSSR count). The van der Waals surface area contributed by atoms with Crippen molar-refractivity contribution in [3.63, 3.8) is 0 Å². The van der Waals surface area contributed by atoms with E-state index in [2.05, 4.69) is 79.6 Å². The number of halogens is 5. The van der Waals surface area contributed by atoms with Gasteiger partial charge in [-0.3, -0.25) is 9.59 Å². The van der Waals surface area contributed by atoms with Crippen LogP contribution in [0.5, 0.6) is 0 Å². The summed E-state index contributed by atoms with van der Waals surface area (Å²) < 4.78 is 15.7. The van der Waals surface area contributed by atoms with Crippen LogP contribution in [-0.2, 0) is 15.1 Å². The van der Waals surface area contributed by atoms with Crippen LogP contribution in [0.1, 0.15) is 68.7 Å². The molecule has 0 saturated heterocycles. The molecule has 0 fully saturated rings. The maximum Gasteiger partial charge on any atom is 0.194 e. The van der Waals surface area contributed by atoms with Crippen LogP contribution in [0.15, 0.2) is 144 Å². The summed E-state index contributed by atoms with van der Waals surface area (Å²) in [6.45, 7) is 5.23. The summed E-state index contributed by atoms with van der Waals surface area (Å²) in [7, 11) is 0. The Morgan fingerprint density at radius 2 is 0.963 bits per heavy atom. The zero-order chi connectivity index (χ0) is 38.6. The molecule has 6 aromatic carbocycles. The van der Waals surface area contributed by atoms with Gasteiger partial charge >= 0.3 is 0 Å². The van der Waals surface area contributed by atoms with Crippen LogP contribution in [-0.4, -0.2) is 30.4 Å². The molecule has 54 heavy (non-hydrogen) atoms. The second kappa shape index (κ2) is 17.8. The number of ether oxygens (including phenoxy) is 2. The summed E-state index contributed by atoms with van der Waals surface area (Å²) in [5.41, 5.74) is 8.44. The molecule has 2 aliphatic carbocycles. The van der Waals surface area contributed by atoms with E-state index in [-0.39, 0.29) is 12.1 Å². The Morgan fingerprint density at radius 1 is 0.556 bits per heavy atom. The van der Waals surface area contributed by atoms with E-state index < -0.39 is 5.60 Å². The molecule has 0 aromatic heterocycles. The Labute approximate surface area is 356 Å². The van der Waals surface area contributed by atoms with Crippen LogP contribution in [0.4, 0.5) is 0 Å². The van der Waals surface area contributed by atoms with Crippen molar-refractivity contribution in [2.45, 2.75) is 25.7 Å². The quantitative estimate of drug-likeness (QED) is 0.127. The zero-order valence-corrected chi connectivity index (χ0v) is 37.0. The maximum atomic E-state index is 12.2. The lowest BCUT2D eigenvalue weighted by Gasteiger charge is -2.27. The summed E-state index contributed by atoms with van der Waals surface area (Å²) in [5, 5.41) is 11.7. The summed E-state index contributed by atoms with van der Waals surface area (Å²) in [5.74, 6) is 0.104. The molecule has 0 aliphatic heterocycles. The molecule has 0 unspecified atom stereocenters. The van der Waals surface area contributed by atoms with Crippen molar-refractivity contribution in [3.8, 4) is 22.3 Å². The number of carbonyl (C=O) groups is 2. The molecule has 0 bridgehead atoms. The van der Waals surface area contributed by atoms with Gasteiger partial charge < -0.3 is 14.6 Å². The number of benzene rings is 6. The summed E-state index contributed by atoms with van der Waals surface area (Å²) in [4.78, 5) is 23.1. The third kappa shape index (κ3) is 8.51. The smallest absolute Gasteiger partial charge is 0.194 e. The van der Waals surface area contributed by atoms with Gasteiger partial charge in [-0.05, 0) is 102 Å². The molecule has 0 radical (unpaired) electrons. The minimum atomic E-state index is -1.25. The number of rotatable bonds is 7. The molecule has 5 nitrogen and oxygen atoms in total. The molecule has 10 heteroatoms. The summed E-state index contributed by atoms with van der Waals surface area (Å²) in [6.07, 6.45) is 0.565. The van der Waals surface area contributed by atoms with Crippen molar-refractivity contribution in [2.75, 3.05) is 13.2 Å². The Balaban J connectivity index is 0.000000145. The molecule has 2 aliphatic rings. The third-order valence-electron chi connectivity index (χ3n) is 9.02. The van der Waals surface area contributed by atoms with Crippen LogP contribution < -0.4 is 0 Å². The lowest BCUT2D eigenvalue weighted by molar-refractivity contribution is -0.140. The number of carbonyl (C=O) groups excluding carboxylic acids is 2. The van der Waals surface area contributed by atoms with Gasteiger partial charge in [-0.2, -0.15) is 0 Å². The fraction of sp³-hybridized carbons (Fsp3) is 0.136. The predicted molar refractivity (Wildman–Crippen MR) is 232 cm³/mol. The summed E-state index contributed by atoms with van der Waals surface area (Å²) >= 11 is 17.2. The van der Waals surface area contributed by atoms with Gasteiger partial charge in [0.1, 0.15) is 11.9 Å². The molecular formula is C44H33Br5O5. The number of hydrogen-bond donors (Lipinski definition) is 1. The minimum absolute atomic E-state index is 0.104. The Bertz CT molecular complexity index is 2210. The van der Waals surface area contributed by atoms with Crippen LogP contribution >= 0.6 is 79.6 Å². The maximum absolute atomic E-state index is 12.2. The lowest BCUT2D eigenvalue weighted by atomic mass is 9.84. The average Bonchev–Trinajstić information content (AvgIpc) is 3.58. The molecule has 0 atom stereocenters. The fourth-order valence-electron chi connectivity index (χ4n) is 6.55. The highest BCUT2D eigenvalue weighted by atomic mass is 79.9. The van der Waals surface area contributed by atoms with E-state index in [0.29, 0.717) is 18.8 Å². The highest BCUT2D eigenvalue weighted by molar-refractivity contribution is 9.11. The minimum Gasteiger partial charge on any atom is -0.376 e. The van der Waals surface area contributed by atoms with Gasteiger partial charge in [0.15, 0.2) is 12.1 Å². The second-order valence-electron chi connectivity index (χ2n) is 12.3. The first-order chi connectivity index (χ1) is 26.0. The molecule has 1 N–H and O–H groups in total. The van der Waals surface area contributed by atoms with Gasteiger partial charge in [-0.1, -0.05) is 140 Å². The van der Waals surface area contributed by atoms with Gasteiger partial charge in [0.25, 0.3) is 0 Å². The normalized spacial score (nSPS) is 12.8. The van der Waals surface area contributed by atoms with Crippen LogP contribution in [0, 0.1) is 0 Å². The first-order valence-electron chi connectivity index (χ1n) is 17.0. The van der Waals surface area contributed by atoms with Gasteiger partial charge in [0, 0.05) is 69.0 Å². The van der Waals surface area contributed by atoms with E-state index in [9.17, 15) is 14.7 Å². The van der Waals surface area contributed by atoms with E-state index in [1.165, 1.54) is 0 Å². The average molecular weight is 1040 g/mol. The van der Waals surface area contributed by atoms with Gasteiger partial charge in [0.05, 0.1) is 0 Å². The fourth-order valence-corrected chi connectivity index (χ4v) is 8.26.